The molecular weight excluding hydrogens is 266 g/mol. The van der Waals surface area contributed by atoms with Crippen LogP contribution in [0, 0.1) is 6.92 Å². The molecule has 0 N–H and O–H groups in total. The van der Waals surface area contributed by atoms with Crippen molar-refractivity contribution in [3.05, 3.63) is 54.0 Å². The van der Waals surface area contributed by atoms with Crippen molar-refractivity contribution in [2.24, 2.45) is 0 Å². The molecule has 0 saturated carbocycles. The second-order valence-electron chi connectivity index (χ2n) is 4.58. The minimum atomic E-state index is -0.319. The van der Waals surface area contributed by atoms with Crippen LogP contribution in [0.3, 0.4) is 0 Å². The van der Waals surface area contributed by atoms with Crippen LogP contribution in [-0.2, 0) is 4.74 Å². The zero-order valence-electron chi connectivity index (χ0n) is 11.9. The Balaban J connectivity index is 2.31. The van der Waals surface area contributed by atoms with Crippen molar-refractivity contribution >= 4 is 16.9 Å². The number of fused-ring (bicyclic) bond motifs is 1. The topological polar surface area (TPSA) is 57.0 Å². The smallest absolute Gasteiger partial charge is 0.340 e. The first-order chi connectivity index (χ1) is 10.2. The van der Waals surface area contributed by atoms with Gasteiger partial charge in [-0.3, -0.25) is 4.57 Å². The zero-order valence-corrected chi connectivity index (χ0v) is 11.9. The van der Waals surface area contributed by atoms with Gasteiger partial charge in [0.05, 0.1) is 17.7 Å². The molecule has 1 aromatic carbocycles. The Kier molecular flexibility index (Phi) is 3.39. The van der Waals surface area contributed by atoms with E-state index in [0.717, 1.165) is 16.6 Å². The number of aromatic nitrogens is 3. The quantitative estimate of drug-likeness (QED) is 0.693. The van der Waals surface area contributed by atoms with Crippen molar-refractivity contribution in [1.29, 1.82) is 0 Å². The van der Waals surface area contributed by atoms with E-state index in [4.69, 9.17) is 4.74 Å². The predicted molar refractivity (Wildman–Crippen MR) is 79.6 cm³/mol. The van der Waals surface area contributed by atoms with Gasteiger partial charge in [0, 0.05) is 23.5 Å². The lowest BCUT2D eigenvalue weighted by Crippen LogP contribution is -2.08. The number of nitrogens with zero attached hydrogens (tertiary/aromatic N) is 3. The van der Waals surface area contributed by atoms with Crippen LogP contribution in [0.4, 0.5) is 0 Å². The van der Waals surface area contributed by atoms with Crippen LogP contribution in [0.5, 0.6) is 0 Å². The summed E-state index contributed by atoms with van der Waals surface area (Å²) in [5, 5.41) is 0.848. The summed E-state index contributed by atoms with van der Waals surface area (Å²) in [6.45, 7) is 4.02. The molecule has 0 aliphatic heterocycles. The number of carbonyl (C=O) groups excluding carboxylic acids is 1. The number of ether oxygens (including phenoxy) is 1. The van der Waals surface area contributed by atoms with E-state index in [-0.39, 0.29) is 5.97 Å². The molecule has 2 heterocycles. The van der Waals surface area contributed by atoms with Gasteiger partial charge in [-0.05, 0) is 26.0 Å². The van der Waals surface area contributed by atoms with E-state index < -0.39 is 0 Å². The number of hydrogen-bond acceptors (Lipinski definition) is 4. The highest BCUT2D eigenvalue weighted by atomic mass is 16.5. The summed E-state index contributed by atoms with van der Waals surface area (Å²) in [4.78, 5) is 20.8. The van der Waals surface area contributed by atoms with Crippen molar-refractivity contribution in [3.63, 3.8) is 0 Å². The standard InChI is InChI=1S/C16H15N3O2/c1-3-21-15(20)14-11(2)19(16-17-9-6-10-18-16)13-8-5-4-7-12(13)14/h4-10H,3H2,1-2H3. The number of carbonyl (C=O) groups is 1. The Hall–Kier alpha value is -2.69. The number of esters is 1. The highest BCUT2D eigenvalue weighted by Crippen LogP contribution is 2.28. The molecule has 0 atom stereocenters. The van der Waals surface area contributed by atoms with Gasteiger partial charge in [-0.25, -0.2) is 14.8 Å². The maximum absolute atomic E-state index is 12.2. The fraction of sp³-hybridized carbons (Fsp3) is 0.188. The molecule has 0 aliphatic rings. The van der Waals surface area contributed by atoms with Crippen LogP contribution < -0.4 is 0 Å². The zero-order chi connectivity index (χ0) is 14.8. The summed E-state index contributed by atoms with van der Waals surface area (Å²) in [6.07, 6.45) is 3.36. The van der Waals surface area contributed by atoms with Crippen LogP contribution in [0.2, 0.25) is 0 Å². The van der Waals surface area contributed by atoms with Crippen molar-refractivity contribution < 1.29 is 9.53 Å². The Morgan fingerprint density at radius 1 is 1.19 bits per heavy atom. The first kappa shape index (κ1) is 13.3. The number of hydrogen-bond donors (Lipinski definition) is 0. The van der Waals surface area contributed by atoms with Gasteiger partial charge in [-0.15, -0.1) is 0 Å². The van der Waals surface area contributed by atoms with Crippen molar-refractivity contribution in [1.82, 2.24) is 14.5 Å². The molecule has 21 heavy (non-hydrogen) atoms. The molecule has 5 heteroatoms. The Morgan fingerprint density at radius 2 is 1.90 bits per heavy atom. The van der Waals surface area contributed by atoms with Crippen LogP contribution in [0.25, 0.3) is 16.9 Å². The summed E-state index contributed by atoms with van der Waals surface area (Å²) < 4.78 is 7.05. The van der Waals surface area contributed by atoms with E-state index >= 15 is 0 Å². The van der Waals surface area contributed by atoms with Gasteiger partial charge >= 0.3 is 5.97 Å². The molecule has 0 saturated heterocycles. The van der Waals surface area contributed by atoms with Gasteiger partial charge < -0.3 is 4.74 Å². The van der Waals surface area contributed by atoms with Gasteiger partial charge in [0.2, 0.25) is 5.95 Å². The van der Waals surface area contributed by atoms with Crippen molar-refractivity contribution in [2.75, 3.05) is 6.61 Å². The Bertz CT molecular complexity index is 794. The molecule has 0 amide bonds. The highest BCUT2D eigenvalue weighted by molar-refractivity contribution is 6.06. The summed E-state index contributed by atoms with van der Waals surface area (Å²) in [7, 11) is 0. The second-order valence-corrected chi connectivity index (χ2v) is 4.58. The molecule has 0 fully saturated rings. The van der Waals surface area contributed by atoms with Gasteiger partial charge in [0.1, 0.15) is 0 Å². The van der Waals surface area contributed by atoms with E-state index in [1.807, 2.05) is 35.8 Å². The molecular formula is C16H15N3O2. The molecule has 2 aromatic heterocycles. The molecule has 3 aromatic rings. The second kappa shape index (κ2) is 5.36. The maximum atomic E-state index is 12.2. The molecule has 106 valence electrons. The molecule has 5 nitrogen and oxygen atoms in total. The monoisotopic (exact) mass is 281 g/mol. The van der Waals surface area contributed by atoms with E-state index in [0.29, 0.717) is 18.1 Å². The summed E-state index contributed by atoms with van der Waals surface area (Å²) in [6, 6.07) is 9.45. The first-order valence-electron chi connectivity index (χ1n) is 6.78. The van der Waals surface area contributed by atoms with Gasteiger partial charge in [0.25, 0.3) is 0 Å². The molecule has 0 radical (unpaired) electrons. The molecule has 0 spiro atoms. The van der Waals surface area contributed by atoms with E-state index in [1.165, 1.54) is 0 Å². The molecule has 0 aliphatic carbocycles. The summed E-state index contributed by atoms with van der Waals surface area (Å²) in [5.74, 6) is 0.225. The average Bonchev–Trinajstić information content (AvgIpc) is 2.80. The third-order valence-electron chi connectivity index (χ3n) is 3.34. The van der Waals surface area contributed by atoms with Gasteiger partial charge in [-0.2, -0.15) is 0 Å². The summed E-state index contributed by atoms with van der Waals surface area (Å²) >= 11 is 0. The lowest BCUT2D eigenvalue weighted by Gasteiger charge is -2.06. The fourth-order valence-electron chi connectivity index (χ4n) is 2.49. The lowest BCUT2D eigenvalue weighted by molar-refractivity contribution is 0.0527. The molecule has 0 unspecified atom stereocenters. The van der Waals surface area contributed by atoms with Gasteiger partial charge in [-0.1, -0.05) is 18.2 Å². The van der Waals surface area contributed by atoms with Gasteiger partial charge in [0.15, 0.2) is 0 Å². The lowest BCUT2D eigenvalue weighted by atomic mass is 10.1. The predicted octanol–water partition coefficient (Wildman–Crippen LogP) is 2.91. The maximum Gasteiger partial charge on any atom is 0.340 e. The summed E-state index contributed by atoms with van der Waals surface area (Å²) in [5.41, 5.74) is 2.24. The minimum absolute atomic E-state index is 0.319. The van der Waals surface area contributed by atoms with E-state index in [9.17, 15) is 4.79 Å². The highest BCUT2D eigenvalue weighted by Gasteiger charge is 2.22. The van der Waals surface area contributed by atoms with Crippen LogP contribution in [-0.4, -0.2) is 27.1 Å². The minimum Gasteiger partial charge on any atom is -0.462 e. The SMILES string of the molecule is CCOC(=O)c1c(C)n(-c2ncccn2)c2ccccc12. The Labute approximate surface area is 122 Å². The molecule has 3 rings (SSSR count). The van der Waals surface area contributed by atoms with E-state index in [1.54, 1.807) is 25.4 Å². The first-order valence-corrected chi connectivity index (χ1v) is 6.78. The number of rotatable bonds is 3. The third-order valence-corrected chi connectivity index (χ3v) is 3.34. The van der Waals surface area contributed by atoms with Crippen LogP contribution in [0.1, 0.15) is 23.0 Å². The third kappa shape index (κ3) is 2.16. The largest absolute Gasteiger partial charge is 0.462 e. The van der Waals surface area contributed by atoms with E-state index in [2.05, 4.69) is 9.97 Å². The average molecular weight is 281 g/mol. The Morgan fingerprint density at radius 3 is 2.62 bits per heavy atom. The van der Waals surface area contributed by atoms with Crippen molar-refractivity contribution in [2.45, 2.75) is 13.8 Å². The van der Waals surface area contributed by atoms with Crippen LogP contribution >= 0.6 is 0 Å². The number of para-hydroxylation sites is 1. The molecule has 0 bridgehead atoms. The van der Waals surface area contributed by atoms with Crippen LogP contribution in [0.15, 0.2) is 42.7 Å². The normalized spacial score (nSPS) is 10.8. The number of benzene rings is 1. The van der Waals surface area contributed by atoms with Crippen molar-refractivity contribution in [3.8, 4) is 5.95 Å². The fourth-order valence-corrected chi connectivity index (χ4v) is 2.49.